The van der Waals surface area contributed by atoms with Crippen LogP contribution in [0, 0.1) is 0 Å². The fraction of sp³-hybridized carbons (Fsp3) is 0.143. The van der Waals surface area contributed by atoms with Crippen LogP contribution in [0.4, 0.5) is 5.69 Å². The van der Waals surface area contributed by atoms with Crippen molar-refractivity contribution in [2.24, 2.45) is 0 Å². The maximum atomic E-state index is 13.3. The second-order valence-electron chi connectivity index (χ2n) is 6.44. The molecule has 4 aromatic rings. The number of nitrogens with zero attached hydrogens (tertiary/aromatic N) is 3. The second-order valence-corrected chi connectivity index (χ2v) is 10.2. The molecule has 7 nitrogen and oxygen atoms in total. The maximum absolute atomic E-state index is 13.3. The van der Waals surface area contributed by atoms with Gasteiger partial charge in [-0.05, 0) is 66.2 Å². The van der Waals surface area contributed by atoms with Crippen molar-refractivity contribution in [3.05, 3.63) is 60.0 Å². The van der Waals surface area contributed by atoms with Gasteiger partial charge in [-0.25, -0.2) is 8.42 Å². The molecule has 0 saturated carbocycles. The highest BCUT2D eigenvalue weighted by atomic mass is 32.2. The third-order valence-corrected chi connectivity index (χ3v) is 8.28. The summed E-state index contributed by atoms with van der Waals surface area (Å²) in [5.41, 5.74) is 1.31. The molecule has 0 aliphatic rings. The lowest BCUT2D eigenvalue weighted by molar-refractivity contribution is 0.415. The van der Waals surface area contributed by atoms with E-state index < -0.39 is 10.0 Å². The zero-order valence-corrected chi connectivity index (χ0v) is 19.4. The molecule has 0 unspecified atom stereocenters. The molecule has 0 aliphatic carbocycles. The molecule has 0 amide bonds. The van der Waals surface area contributed by atoms with Crippen molar-refractivity contribution in [1.29, 1.82) is 0 Å². The van der Waals surface area contributed by atoms with Crippen LogP contribution in [0.15, 0.2) is 74.3 Å². The van der Waals surface area contributed by atoms with Crippen molar-refractivity contribution in [1.82, 2.24) is 10.1 Å². The van der Waals surface area contributed by atoms with Gasteiger partial charge in [-0.2, -0.15) is 4.98 Å². The Balaban J connectivity index is 1.66. The van der Waals surface area contributed by atoms with Crippen LogP contribution < -0.4 is 9.04 Å². The smallest absolute Gasteiger partial charge is 0.269 e. The number of hydrogen-bond acceptors (Lipinski definition) is 8. The number of hydrogen-bond donors (Lipinski definition) is 0. The minimum atomic E-state index is -3.84. The summed E-state index contributed by atoms with van der Waals surface area (Å²) in [5, 5.41) is 5.73. The van der Waals surface area contributed by atoms with Crippen molar-refractivity contribution < 1.29 is 17.7 Å². The Labute approximate surface area is 188 Å². The van der Waals surface area contributed by atoms with Crippen LogP contribution >= 0.6 is 23.1 Å². The molecule has 10 heteroatoms. The van der Waals surface area contributed by atoms with Crippen molar-refractivity contribution in [3.8, 4) is 27.9 Å². The zero-order chi connectivity index (χ0) is 22.0. The summed E-state index contributed by atoms with van der Waals surface area (Å²) in [7, 11) is -0.776. The van der Waals surface area contributed by atoms with Gasteiger partial charge in [0.25, 0.3) is 15.9 Å². The van der Waals surface area contributed by atoms with Gasteiger partial charge in [-0.3, -0.25) is 4.31 Å². The van der Waals surface area contributed by atoms with Gasteiger partial charge in [-0.15, -0.1) is 23.1 Å². The number of anilines is 1. The molecule has 0 aliphatic heterocycles. The summed E-state index contributed by atoms with van der Waals surface area (Å²) in [6.07, 6.45) is 2.00. The first kappa shape index (κ1) is 21.4. The molecule has 0 bridgehead atoms. The van der Waals surface area contributed by atoms with Crippen LogP contribution in [0.5, 0.6) is 5.75 Å². The third-order valence-electron chi connectivity index (χ3n) is 4.67. The lowest BCUT2D eigenvalue weighted by Crippen LogP contribution is -2.26. The van der Waals surface area contributed by atoms with Crippen molar-refractivity contribution in [3.63, 3.8) is 0 Å². The standard InChI is InChI=1S/C21H19N3O4S3/c1-24(15-6-8-16(27-2)9-7-15)31(25,26)18-12-13-30-19(18)21-22-20(23-28-21)14-4-10-17(29-3)11-5-14/h4-13H,1-3H3. The summed E-state index contributed by atoms with van der Waals surface area (Å²) in [5.74, 6) is 1.22. The van der Waals surface area contributed by atoms with Gasteiger partial charge < -0.3 is 9.26 Å². The number of thioether (sulfide) groups is 1. The molecule has 0 fully saturated rings. The molecule has 2 aromatic heterocycles. The fourth-order valence-electron chi connectivity index (χ4n) is 2.91. The van der Waals surface area contributed by atoms with Gasteiger partial charge in [0.1, 0.15) is 15.5 Å². The summed E-state index contributed by atoms with van der Waals surface area (Å²) < 4.78 is 38.4. The topological polar surface area (TPSA) is 85.5 Å². The average molecular weight is 474 g/mol. The fourth-order valence-corrected chi connectivity index (χ4v) is 5.83. The number of aromatic nitrogens is 2. The molecule has 0 spiro atoms. The molecule has 0 radical (unpaired) electrons. The van der Waals surface area contributed by atoms with Crippen LogP contribution in [0.25, 0.3) is 22.2 Å². The Hall–Kier alpha value is -2.82. The monoisotopic (exact) mass is 473 g/mol. The Morgan fingerprint density at radius 1 is 1.06 bits per heavy atom. The summed E-state index contributed by atoms with van der Waals surface area (Å²) in [6.45, 7) is 0. The van der Waals surface area contributed by atoms with Gasteiger partial charge in [0.05, 0.1) is 12.8 Å². The first-order chi connectivity index (χ1) is 14.9. The first-order valence-corrected chi connectivity index (χ1v) is 12.7. The van der Waals surface area contributed by atoms with Gasteiger partial charge in [0.2, 0.25) is 5.82 Å². The van der Waals surface area contributed by atoms with E-state index in [1.807, 2.05) is 30.5 Å². The Morgan fingerprint density at radius 3 is 2.42 bits per heavy atom. The highest BCUT2D eigenvalue weighted by Crippen LogP contribution is 2.35. The number of thiophene rings is 1. The summed E-state index contributed by atoms with van der Waals surface area (Å²) >= 11 is 2.88. The summed E-state index contributed by atoms with van der Waals surface area (Å²) in [6, 6.07) is 16.1. The van der Waals surface area contributed by atoms with E-state index in [0.717, 1.165) is 10.5 Å². The van der Waals surface area contributed by atoms with Crippen LogP contribution in [0.2, 0.25) is 0 Å². The number of methoxy groups -OCH3 is 1. The van der Waals surface area contributed by atoms with E-state index in [1.54, 1.807) is 54.6 Å². The highest BCUT2D eigenvalue weighted by Gasteiger charge is 2.28. The Bertz CT molecular complexity index is 1280. The third kappa shape index (κ3) is 4.18. The van der Waals surface area contributed by atoms with E-state index in [2.05, 4.69) is 10.1 Å². The second kappa shape index (κ2) is 8.74. The molecule has 2 aromatic carbocycles. The van der Waals surface area contributed by atoms with E-state index in [1.165, 1.54) is 22.7 Å². The molecule has 0 saturated heterocycles. The largest absolute Gasteiger partial charge is 0.497 e. The SMILES string of the molecule is COc1ccc(N(C)S(=O)(=O)c2ccsc2-c2nc(-c3ccc(SC)cc3)no2)cc1. The lowest BCUT2D eigenvalue weighted by atomic mass is 10.2. The predicted octanol–water partition coefficient (Wildman–Crippen LogP) is 5.02. The number of ether oxygens (including phenoxy) is 1. The van der Waals surface area contributed by atoms with E-state index in [-0.39, 0.29) is 10.8 Å². The maximum Gasteiger partial charge on any atom is 0.269 e. The Kier molecular flexibility index (Phi) is 6.03. The van der Waals surface area contributed by atoms with Crippen molar-refractivity contribution in [2.45, 2.75) is 9.79 Å². The molecular formula is C21H19N3O4S3. The normalized spacial score (nSPS) is 11.5. The van der Waals surface area contributed by atoms with E-state index in [4.69, 9.17) is 9.26 Å². The average Bonchev–Trinajstić information content (AvgIpc) is 3.48. The van der Waals surface area contributed by atoms with Crippen LogP contribution in [0.3, 0.4) is 0 Å². The minimum Gasteiger partial charge on any atom is -0.497 e. The predicted molar refractivity (Wildman–Crippen MR) is 123 cm³/mol. The number of benzene rings is 2. The van der Waals surface area contributed by atoms with E-state index in [0.29, 0.717) is 22.1 Å². The molecule has 0 atom stereocenters. The van der Waals surface area contributed by atoms with E-state index >= 15 is 0 Å². The number of sulfonamides is 1. The van der Waals surface area contributed by atoms with Crippen LogP contribution in [0.1, 0.15) is 0 Å². The molecule has 2 heterocycles. The van der Waals surface area contributed by atoms with Gasteiger partial charge >= 0.3 is 0 Å². The minimum absolute atomic E-state index is 0.115. The quantitative estimate of drug-likeness (QED) is 0.348. The molecule has 160 valence electrons. The van der Waals surface area contributed by atoms with Gasteiger partial charge in [0.15, 0.2) is 0 Å². The van der Waals surface area contributed by atoms with E-state index in [9.17, 15) is 8.42 Å². The Morgan fingerprint density at radius 2 is 1.77 bits per heavy atom. The molecule has 4 rings (SSSR count). The lowest BCUT2D eigenvalue weighted by Gasteiger charge is -2.19. The van der Waals surface area contributed by atoms with Crippen LogP contribution in [-0.2, 0) is 10.0 Å². The van der Waals surface area contributed by atoms with Crippen molar-refractivity contribution >= 4 is 38.8 Å². The molecule has 31 heavy (non-hydrogen) atoms. The van der Waals surface area contributed by atoms with Gasteiger partial charge in [-0.1, -0.05) is 5.16 Å². The highest BCUT2D eigenvalue weighted by molar-refractivity contribution is 7.98. The first-order valence-electron chi connectivity index (χ1n) is 9.13. The van der Waals surface area contributed by atoms with Gasteiger partial charge in [0, 0.05) is 17.5 Å². The van der Waals surface area contributed by atoms with Crippen LogP contribution in [-0.4, -0.2) is 39.0 Å². The summed E-state index contributed by atoms with van der Waals surface area (Å²) in [4.78, 5) is 6.08. The molecule has 0 N–H and O–H groups in total. The number of rotatable bonds is 7. The van der Waals surface area contributed by atoms with Crippen molar-refractivity contribution in [2.75, 3.05) is 24.7 Å². The molecular weight excluding hydrogens is 454 g/mol. The zero-order valence-electron chi connectivity index (χ0n) is 17.0.